The molecule has 21 heavy (non-hydrogen) atoms. The average Bonchev–Trinajstić information content (AvgIpc) is 2.43. The number of rotatable bonds is 5. The molecule has 0 aliphatic carbocycles. The third kappa shape index (κ3) is 3.42. The number of carbonyl (C=O) groups is 2. The zero-order valence-corrected chi connectivity index (χ0v) is 12.0. The molecule has 2 aliphatic heterocycles. The second-order valence-electron chi connectivity index (χ2n) is 5.91. The Labute approximate surface area is 124 Å². The SMILES string of the molecule is O=C(CCC1Cc2ccccc2NC1=O)NCC1CNC1. The summed E-state index contributed by atoms with van der Waals surface area (Å²) in [5, 5.41) is 9.05. The number of amides is 2. The van der Waals surface area contributed by atoms with Gasteiger partial charge in [-0.3, -0.25) is 9.59 Å². The molecular formula is C16H21N3O2. The van der Waals surface area contributed by atoms with E-state index in [1.807, 2.05) is 24.3 Å². The van der Waals surface area contributed by atoms with E-state index in [0.29, 0.717) is 18.8 Å². The fraction of sp³-hybridized carbons (Fsp3) is 0.500. The molecule has 1 aromatic carbocycles. The Morgan fingerprint density at radius 1 is 1.29 bits per heavy atom. The van der Waals surface area contributed by atoms with Gasteiger partial charge in [0.2, 0.25) is 11.8 Å². The third-order valence-electron chi connectivity index (χ3n) is 4.29. The van der Waals surface area contributed by atoms with Crippen molar-refractivity contribution in [2.75, 3.05) is 25.0 Å². The summed E-state index contributed by atoms with van der Waals surface area (Å²) < 4.78 is 0. The average molecular weight is 287 g/mol. The first-order chi connectivity index (χ1) is 10.2. The molecule has 1 fully saturated rings. The van der Waals surface area contributed by atoms with Crippen molar-refractivity contribution in [3.05, 3.63) is 29.8 Å². The minimum absolute atomic E-state index is 0.0321. The van der Waals surface area contributed by atoms with Crippen LogP contribution < -0.4 is 16.0 Å². The van der Waals surface area contributed by atoms with Crippen molar-refractivity contribution in [3.8, 4) is 0 Å². The fourth-order valence-electron chi connectivity index (χ4n) is 2.79. The van der Waals surface area contributed by atoms with Gasteiger partial charge in [-0.25, -0.2) is 0 Å². The van der Waals surface area contributed by atoms with Gasteiger partial charge in [-0.2, -0.15) is 0 Å². The smallest absolute Gasteiger partial charge is 0.227 e. The van der Waals surface area contributed by atoms with Crippen LogP contribution in [0.1, 0.15) is 18.4 Å². The topological polar surface area (TPSA) is 70.2 Å². The lowest BCUT2D eigenvalue weighted by atomic mass is 9.89. The van der Waals surface area contributed by atoms with Crippen molar-refractivity contribution in [3.63, 3.8) is 0 Å². The molecule has 2 aliphatic rings. The molecule has 0 spiro atoms. The van der Waals surface area contributed by atoms with Crippen LogP contribution in [0, 0.1) is 11.8 Å². The molecular weight excluding hydrogens is 266 g/mol. The number of fused-ring (bicyclic) bond motifs is 1. The van der Waals surface area contributed by atoms with Crippen molar-refractivity contribution in [1.82, 2.24) is 10.6 Å². The molecule has 112 valence electrons. The van der Waals surface area contributed by atoms with Crippen LogP contribution in [-0.4, -0.2) is 31.4 Å². The molecule has 3 N–H and O–H groups in total. The van der Waals surface area contributed by atoms with E-state index < -0.39 is 0 Å². The Kier molecular flexibility index (Phi) is 4.20. The molecule has 0 bridgehead atoms. The molecule has 1 unspecified atom stereocenters. The zero-order chi connectivity index (χ0) is 14.7. The van der Waals surface area contributed by atoms with Crippen LogP contribution in [0.3, 0.4) is 0 Å². The lowest BCUT2D eigenvalue weighted by Crippen LogP contribution is -2.48. The molecule has 0 aromatic heterocycles. The summed E-state index contributed by atoms with van der Waals surface area (Å²) in [6, 6.07) is 7.85. The summed E-state index contributed by atoms with van der Waals surface area (Å²) in [7, 11) is 0. The standard InChI is InChI=1S/C16H21N3O2/c20-15(18-10-11-8-17-9-11)6-5-13-7-12-3-1-2-4-14(12)19-16(13)21/h1-4,11,13,17H,5-10H2,(H,18,20)(H,19,21). The lowest BCUT2D eigenvalue weighted by Gasteiger charge is -2.27. The van der Waals surface area contributed by atoms with E-state index in [1.54, 1.807) is 0 Å². The van der Waals surface area contributed by atoms with Crippen LogP contribution in [0.25, 0.3) is 0 Å². The first-order valence-corrected chi connectivity index (χ1v) is 7.58. The predicted molar refractivity (Wildman–Crippen MR) is 80.9 cm³/mol. The second-order valence-corrected chi connectivity index (χ2v) is 5.91. The van der Waals surface area contributed by atoms with Crippen LogP contribution in [-0.2, 0) is 16.0 Å². The highest BCUT2D eigenvalue weighted by atomic mass is 16.2. The number of anilines is 1. The van der Waals surface area contributed by atoms with E-state index in [1.165, 1.54) is 0 Å². The van der Waals surface area contributed by atoms with Gasteiger partial charge in [0.25, 0.3) is 0 Å². The van der Waals surface area contributed by atoms with E-state index in [2.05, 4.69) is 16.0 Å². The summed E-state index contributed by atoms with van der Waals surface area (Å²) in [4.78, 5) is 23.9. The van der Waals surface area contributed by atoms with Gasteiger partial charge >= 0.3 is 0 Å². The molecule has 1 aromatic rings. The summed E-state index contributed by atoms with van der Waals surface area (Å²) in [6.45, 7) is 2.72. The second kappa shape index (κ2) is 6.26. The fourth-order valence-corrected chi connectivity index (χ4v) is 2.79. The van der Waals surface area contributed by atoms with E-state index >= 15 is 0 Å². The molecule has 2 heterocycles. The van der Waals surface area contributed by atoms with Crippen molar-refractivity contribution in [1.29, 1.82) is 0 Å². The maximum atomic E-state index is 12.0. The molecule has 0 radical (unpaired) electrons. The number of benzene rings is 1. The monoisotopic (exact) mass is 287 g/mol. The molecule has 1 atom stereocenters. The Morgan fingerprint density at radius 2 is 2.10 bits per heavy atom. The molecule has 5 nitrogen and oxygen atoms in total. The first-order valence-electron chi connectivity index (χ1n) is 7.58. The van der Waals surface area contributed by atoms with Crippen molar-refractivity contribution in [2.45, 2.75) is 19.3 Å². The highest BCUT2D eigenvalue weighted by molar-refractivity contribution is 5.96. The van der Waals surface area contributed by atoms with Gasteiger partial charge < -0.3 is 16.0 Å². The van der Waals surface area contributed by atoms with Gasteiger partial charge in [0.05, 0.1) is 0 Å². The largest absolute Gasteiger partial charge is 0.356 e. The number of para-hydroxylation sites is 1. The van der Waals surface area contributed by atoms with Crippen LogP contribution in [0.15, 0.2) is 24.3 Å². The van der Waals surface area contributed by atoms with Crippen molar-refractivity contribution < 1.29 is 9.59 Å². The van der Waals surface area contributed by atoms with Crippen LogP contribution >= 0.6 is 0 Å². The molecule has 1 saturated heterocycles. The van der Waals surface area contributed by atoms with E-state index in [0.717, 1.165) is 37.3 Å². The van der Waals surface area contributed by atoms with Crippen molar-refractivity contribution in [2.24, 2.45) is 11.8 Å². The molecule has 3 rings (SSSR count). The summed E-state index contributed by atoms with van der Waals surface area (Å²) in [5.41, 5.74) is 2.06. The number of hydrogen-bond acceptors (Lipinski definition) is 3. The number of hydrogen-bond donors (Lipinski definition) is 3. The summed E-state index contributed by atoms with van der Waals surface area (Å²) in [6.07, 6.45) is 1.75. The highest BCUT2D eigenvalue weighted by Crippen LogP contribution is 2.27. The number of nitrogens with one attached hydrogen (secondary N) is 3. The summed E-state index contributed by atoms with van der Waals surface area (Å²) >= 11 is 0. The van der Waals surface area contributed by atoms with Crippen molar-refractivity contribution >= 4 is 17.5 Å². The van der Waals surface area contributed by atoms with E-state index in [-0.39, 0.29) is 17.7 Å². The Hall–Kier alpha value is -1.88. The maximum Gasteiger partial charge on any atom is 0.227 e. The molecule has 0 saturated carbocycles. The normalized spacial score (nSPS) is 21.1. The Morgan fingerprint density at radius 3 is 2.86 bits per heavy atom. The van der Waals surface area contributed by atoms with Gasteiger partial charge in [-0.05, 0) is 24.5 Å². The summed E-state index contributed by atoms with van der Waals surface area (Å²) in [5.74, 6) is 0.549. The van der Waals surface area contributed by atoms with Gasteiger partial charge in [0.1, 0.15) is 0 Å². The minimum atomic E-state index is -0.101. The van der Waals surface area contributed by atoms with Gasteiger partial charge in [-0.1, -0.05) is 18.2 Å². The first kappa shape index (κ1) is 14.1. The van der Waals surface area contributed by atoms with Crippen LogP contribution in [0.5, 0.6) is 0 Å². The maximum absolute atomic E-state index is 12.0. The lowest BCUT2D eigenvalue weighted by molar-refractivity contribution is -0.123. The number of carbonyl (C=O) groups excluding carboxylic acids is 2. The van der Waals surface area contributed by atoms with Gasteiger partial charge in [0.15, 0.2) is 0 Å². The Balaban J connectivity index is 1.46. The van der Waals surface area contributed by atoms with Gasteiger partial charge in [0, 0.05) is 43.6 Å². The van der Waals surface area contributed by atoms with Gasteiger partial charge in [-0.15, -0.1) is 0 Å². The van der Waals surface area contributed by atoms with E-state index in [4.69, 9.17) is 0 Å². The van der Waals surface area contributed by atoms with E-state index in [9.17, 15) is 9.59 Å². The molecule has 5 heteroatoms. The molecule has 2 amide bonds. The predicted octanol–water partition coefficient (Wildman–Crippen LogP) is 0.913. The highest BCUT2D eigenvalue weighted by Gasteiger charge is 2.26. The zero-order valence-electron chi connectivity index (χ0n) is 12.0. The van der Waals surface area contributed by atoms with Crippen LogP contribution in [0.4, 0.5) is 5.69 Å². The Bertz CT molecular complexity index is 540. The third-order valence-corrected chi connectivity index (χ3v) is 4.29. The van der Waals surface area contributed by atoms with Crippen LogP contribution in [0.2, 0.25) is 0 Å². The quantitative estimate of drug-likeness (QED) is 0.754. The minimum Gasteiger partial charge on any atom is -0.356 e.